The van der Waals surface area contributed by atoms with Crippen molar-refractivity contribution in [2.24, 2.45) is 0 Å². The third-order valence-corrected chi connectivity index (χ3v) is 4.05. The first kappa shape index (κ1) is 15.2. The summed E-state index contributed by atoms with van der Waals surface area (Å²) in [6.07, 6.45) is 0. The normalized spacial score (nSPS) is 10.0. The number of hydrogen-bond donors (Lipinski definition) is 1. The highest BCUT2D eigenvalue weighted by atomic mass is 127. The maximum Gasteiger partial charge on any atom is 0.251 e. The molecule has 18 heavy (non-hydrogen) atoms. The van der Waals surface area contributed by atoms with Crippen LogP contribution in [0.2, 0.25) is 5.02 Å². The van der Waals surface area contributed by atoms with Gasteiger partial charge in [-0.15, -0.1) is 0 Å². The lowest BCUT2D eigenvalue weighted by atomic mass is 10.2. The lowest BCUT2D eigenvalue weighted by Crippen LogP contribution is -2.37. The Hall–Kier alpha value is -0.820. The Morgan fingerprint density at radius 2 is 2.11 bits per heavy atom. The first-order valence-corrected chi connectivity index (χ1v) is 6.88. The van der Waals surface area contributed by atoms with Gasteiger partial charge in [0.05, 0.1) is 11.6 Å². The molecule has 0 aliphatic carbocycles. The molecular formula is C12H14ClIN2O2. The molecule has 0 aliphatic rings. The standard InChI is InChI=1S/C12H14ClIN2O2/c1-3-16(2)11(17)7-15-12(18)8-4-5-10(14)9(13)6-8/h4-6H,3,7H2,1-2H3,(H,15,18). The van der Waals surface area contributed by atoms with Crippen molar-refractivity contribution < 1.29 is 9.59 Å². The lowest BCUT2D eigenvalue weighted by Gasteiger charge is -2.14. The van der Waals surface area contributed by atoms with Crippen LogP contribution in [0.25, 0.3) is 0 Å². The summed E-state index contributed by atoms with van der Waals surface area (Å²) in [5.74, 6) is -0.423. The Morgan fingerprint density at radius 1 is 1.44 bits per heavy atom. The van der Waals surface area contributed by atoms with Crippen LogP contribution in [-0.4, -0.2) is 36.9 Å². The Kier molecular flexibility index (Phi) is 5.87. The molecule has 0 unspecified atom stereocenters. The molecule has 0 saturated carbocycles. The second kappa shape index (κ2) is 6.94. The van der Waals surface area contributed by atoms with Crippen LogP contribution in [0.5, 0.6) is 0 Å². The molecule has 0 atom stereocenters. The second-order valence-electron chi connectivity index (χ2n) is 3.72. The number of likely N-dealkylation sites (N-methyl/N-ethyl adjacent to an activating group) is 1. The van der Waals surface area contributed by atoms with Crippen LogP contribution in [-0.2, 0) is 4.79 Å². The molecule has 0 radical (unpaired) electrons. The van der Waals surface area contributed by atoms with Gasteiger partial charge < -0.3 is 10.2 Å². The molecule has 4 nitrogen and oxygen atoms in total. The fourth-order valence-corrected chi connectivity index (χ4v) is 1.72. The number of carbonyl (C=O) groups excluding carboxylic acids is 2. The van der Waals surface area contributed by atoms with Crippen LogP contribution in [0, 0.1) is 3.57 Å². The number of nitrogens with zero attached hydrogens (tertiary/aromatic N) is 1. The van der Waals surface area contributed by atoms with E-state index in [1.165, 1.54) is 0 Å². The van der Waals surface area contributed by atoms with Crippen molar-refractivity contribution in [2.75, 3.05) is 20.1 Å². The summed E-state index contributed by atoms with van der Waals surface area (Å²) in [6, 6.07) is 5.03. The van der Waals surface area contributed by atoms with Crippen molar-refractivity contribution >= 4 is 46.0 Å². The summed E-state index contributed by atoms with van der Waals surface area (Å²) in [6.45, 7) is 2.48. The Morgan fingerprint density at radius 3 is 2.67 bits per heavy atom. The molecule has 1 N–H and O–H groups in total. The molecule has 1 aromatic rings. The number of rotatable bonds is 4. The first-order valence-electron chi connectivity index (χ1n) is 5.43. The van der Waals surface area contributed by atoms with Gasteiger partial charge in [-0.25, -0.2) is 0 Å². The fraction of sp³-hybridized carbons (Fsp3) is 0.333. The number of halogens is 2. The van der Waals surface area contributed by atoms with E-state index >= 15 is 0 Å². The monoisotopic (exact) mass is 380 g/mol. The zero-order valence-electron chi connectivity index (χ0n) is 10.2. The average Bonchev–Trinajstić information content (AvgIpc) is 2.37. The molecule has 0 bridgehead atoms. The predicted molar refractivity (Wildman–Crippen MR) is 79.8 cm³/mol. The van der Waals surface area contributed by atoms with Crippen molar-refractivity contribution in [3.8, 4) is 0 Å². The van der Waals surface area contributed by atoms with Gasteiger partial charge in [0.25, 0.3) is 5.91 Å². The highest BCUT2D eigenvalue weighted by molar-refractivity contribution is 14.1. The number of amides is 2. The molecule has 6 heteroatoms. The number of benzene rings is 1. The van der Waals surface area contributed by atoms with Crippen LogP contribution >= 0.6 is 34.2 Å². The van der Waals surface area contributed by atoms with Crippen molar-refractivity contribution in [1.29, 1.82) is 0 Å². The topological polar surface area (TPSA) is 49.4 Å². The summed E-state index contributed by atoms with van der Waals surface area (Å²) >= 11 is 8.02. The average molecular weight is 381 g/mol. The third kappa shape index (κ3) is 4.13. The van der Waals surface area contributed by atoms with Crippen molar-refractivity contribution in [3.63, 3.8) is 0 Å². The highest BCUT2D eigenvalue weighted by Gasteiger charge is 2.11. The molecule has 0 aliphatic heterocycles. The molecule has 0 fully saturated rings. The van der Waals surface area contributed by atoms with Gasteiger partial charge in [-0.3, -0.25) is 9.59 Å². The molecule has 0 saturated heterocycles. The Bertz CT molecular complexity index is 465. The molecule has 1 aromatic carbocycles. The quantitative estimate of drug-likeness (QED) is 0.814. The fourth-order valence-electron chi connectivity index (χ4n) is 1.21. The van der Waals surface area contributed by atoms with Gasteiger partial charge in [0.2, 0.25) is 5.91 Å². The maximum atomic E-state index is 11.8. The van der Waals surface area contributed by atoms with Crippen molar-refractivity contribution in [1.82, 2.24) is 10.2 Å². The van der Waals surface area contributed by atoms with Crippen molar-refractivity contribution in [2.45, 2.75) is 6.92 Å². The van der Waals surface area contributed by atoms with E-state index in [1.54, 1.807) is 30.1 Å². The molecular weight excluding hydrogens is 367 g/mol. The van der Waals surface area contributed by atoms with Gasteiger partial charge in [-0.1, -0.05) is 11.6 Å². The Balaban J connectivity index is 2.60. The predicted octanol–water partition coefficient (Wildman–Crippen LogP) is 2.15. The number of hydrogen-bond acceptors (Lipinski definition) is 2. The van der Waals surface area contributed by atoms with E-state index in [2.05, 4.69) is 27.9 Å². The third-order valence-electron chi connectivity index (χ3n) is 2.48. The van der Waals surface area contributed by atoms with E-state index in [4.69, 9.17) is 11.6 Å². The van der Waals surface area contributed by atoms with E-state index in [1.807, 2.05) is 6.92 Å². The molecule has 2 amide bonds. The lowest BCUT2D eigenvalue weighted by molar-refractivity contribution is -0.128. The zero-order chi connectivity index (χ0) is 13.7. The van der Waals surface area contributed by atoms with E-state index < -0.39 is 0 Å². The largest absolute Gasteiger partial charge is 0.345 e. The second-order valence-corrected chi connectivity index (χ2v) is 5.29. The zero-order valence-corrected chi connectivity index (χ0v) is 13.1. The van der Waals surface area contributed by atoms with E-state index in [0.29, 0.717) is 17.1 Å². The molecule has 1 rings (SSSR count). The van der Waals surface area contributed by atoms with Crippen LogP contribution in [0.4, 0.5) is 0 Å². The van der Waals surface area contributed by atoms with Crippen molar-refractivity contribution in [3.05, 3.63) is 32.4 Å². The summed E-state index contributed by atoms with van der Waals surface area (Å²) in [7, 11) is 1.69. The van der Waals surface area contributed by atoms with Crippen LogP contribution in [0.1, 0.15) is 17.3 Å². The van der Waals surface area contributed by atoms with Gasteiger partial charge in [0, 0.05) is 22.7 Å². The summed E-state index contributed by atoms with van der Waals surface area (Å²) in [4.78, 5) is 24.8. The van der Waals surface area contributed by atoms with Gasteiger partial charge >= 0.3 is 0 Å². The SMILES string of the molecule is CCN(C)C(=O)CNC(=O)c1ccc(I)c(Cl)c1. The molecule has 0 aromatic heterocycles. The minimum atomic E-state index is -0.300. The summed E-state index contributed by atoms with van der Waals surface area (Å²) in [5.41, 5.74) is 0.451. The molecule has 98 valence electrons. The first-order chi connectivity index (χ1) is 8.45. The maximum absolute atomic E-state index is 11.8. The van der Waals surface area contributed by atoms with E-state index in [0.717, 1.165) is 3.57 Å². The minimum absolute atomic E-state index is 0.00716. The smallest absolute Gasteiger partial charge is 0.251 e. The van der Waals surface area contributed by atoms with E-state index in [-0.39, 0.29) is 18.4 Å². The number of carbonyl (C=O) groups is 2. The van der Waals surface area contributed by atoms with Crippen LogP contribution in [0.15, 0.2) is 18.2 Å². The van der Waals surface area contributed by atoms with Crippen LogP contribution in [0.3, 0.4) is 0 Å². The van der Waals surface area contributed by atoms with Gasteiger partial charge in [-0.2, -0.15) is 0 Å². The Labute approximate surface area is 125 Å². The summed E-state index contributed by atoms with van der Waals surface area (Å²) in [5, 5.41) is 3.10. The minimum Gasteiger partial charge on any atom is -0.345 e. The number of nitrogens with one attached hydrogen (secondary N) is 1. The van der Waals surface area contributed by atoms with Gasteiger partial charge in [-0.05, 0) is 47.7 Å². The van der Waals surface area contributed by atoms with Gasteiger partial charge in [0.1, 0.15) is 0 Å². The molecule has 0 heterocycles. The van der Waals surface area contributed by atoms with E-state index in [9.17, 15) is 9.59 Å². The van der Waals surface area contributed by atoms with Crippen LogP contribution < -0.4 is 5.32 Å². The molecule has 0 spiro atoms. The van der Waals surface area contributed by atoms with Gasteiger partial charge in [0.15, 0.2) is 0 Å². The highest BCUT2D eigenvalue weighted by Crippen LogP contribution is 2.19. The summed E-state index contributed by atoms with van der Waals surface area (Å²) < 4.78 is 0.882.